The fourth-order valence-corrected chi connectivity index (χ4v) is 5.59. The van der Waals surface area contributed by atoms with Crippen molar-refractivity contribution < 1.29 is 4.79 Å². The van der Waals surface area contributed by atoms with Gasteiger partial charge in [0.25, 0.3) is 0 Å². The van der Waals surface area contributed by atoms with Gasteiger partial charge in [-0.15, -0.1) is 0 Å². The van der Waals surface area contributed by atoms with Crippen LogP contribution in [0.5, 0.6) is 0 Å². The summed E-state index contributed by atoms with van der Waals surface area (Å²) < 4.78 is 0. The number of rotatable bonds is 4. The average molecular weight is 462 g/mol. The van der Waals surface area contributed by atoms with E-state index >= 15 is 0 Å². The van der Waals surface area contributed by atoms with Gasteiger partial charge in [-0.1, -0.05) is 60.1 Å². The molecule has 2 heterocycles. The molecule has 0 N–H and O–H groups in total. The summed E-state index contributed by atoms with van der Waals surface area (Å²) in [5.41, 5.74) is 3.77. The molecule has 5 heteroatoms. The van der Waals surface area contributed by atoms with Crippen LogP contribution in [0, 0.1) is 12.8 Å². The van der Waals surface area contributed by atoms with Crippen molar-refractivity contribution in [3.63, 3.8) is 0 Å². The summed E-state index contributed by atoms with van der Waals surface area (Å²) in [6, 6.07) is 21.2. The van der Waals surface area contributed by atoms with E-state index < -0.39 is 0 Å². The Morgan fingerprint density at radius 2 is 1.76 bits per heavy atom. The molecule has 0 spiro atoms. The highest BCUT2D eigenvalue weighted by Crippen LogP contribution is 2.27. The predicted molar refractivity (Wildman–Crippen MR) is 137 cm³/mol. The summed E-state index contributed by atoms with van der Waals surface area (Å²) in [7, 11) is 0. The number of carbonyl (C=O) groups excluding carboxylic acids is 1. The monoisotopic (exact) mass is 461 g/mol. The number of hydrogen-bond donors (Lipinski definition) is 0. The summed E-state index contributed by atoms with van der Waals surface area (Å²) in [4.78, 5) is 20.3. The van der Waals surface area contributed by atoms with Crippen molar-refractivity contribution >= 4 is 34.0 Å². The minimum Gasteiger partial charge on any atom is -0.368 e. The highest BCUT2D eigenvalue weighted by atomic mass is 35.5. The molecule has 0 radical (unpaired) electrons. The van der Waals surface area contributed by atoms with E-state index in [1.165, 1.54) is 27.6 Å². The van der Waals surface area contributed by atoms with Crippen LogP contribution in [0.1, 0.15) is 24.0 Å². The lowest BCUT2D eigenvalue weighted by molar-refractivity contribution is -0.137. The maximum Gasteiger partial charge on any atom is 0.227 e. The van der Waals surface area contributed by atoms with Gasteiger partial charge in [-0.3, -0.25) is 9.69 Å². The van der Waals surface area contributed by atoms with Crippen molar-refractivity contribution in [2.75, 3.05) is 44.2 Å². The Bertz CT molecular complexity index is 1130. The minimum atomic E-state index is 0.105. The number of hydrogen-bond acceptors (Lipinski definition) is 3. The van der Waals surface area contributed by atoms with Crippen LogP contribution in [0.4, 0.5) is 5.69 Å². The van der Waals surface area contributed by atoms with Crippen LogP contribution >= 0.6 is 11.6 Å². The van der Waals surface area contributed by atoms with Gasteiger partial charge in [0, 0.05) is 50.0 Å². The first-order chi connectivity index (χ1) is 16.1. The van der Waals surface area contributed by atoms with Crippen LogP contribution < -0.4 is 4.90 Å². The molecular formula is C28H32ClN3O. The predicted octanol–water partition coefficient (Wildman–Crippen LogP) is 5.36. The molecule has 0 aliphatic carbocycles. The van der Waals surface area contributed by atoms with E-state index in [9.17, 15) is 4.79 Å². The quantitative estimate of drug-likeness (QED) is 0.523. The minimum absolute atomic E-state index is 0.105. The van der Waals surface area contributed by atoms with E-state index in [1.807, 2.05) is 12.1 Å². The number of aryl methyl sites for hydroxylation is 1. The van der Waals surface area contributed by atoms with Gasteiger partial charge >= 0.3 is 0 Å². The van der Waals surface area contributed by atoms with Gasteiger partial charge in [0.2, 0.25) is 5.91 Å². The number of halogens is 1. The molecule has 4 nitrogen and oxygen atoms in total. The Morgan fingerprint density at radius 1 is 0.970 bits per heavy atom. The second kappa shape index (κ2) is 9.74. The highest BCUT2D eigenvalue weighted by Gasteiger charge is 2.31. The van der Waals surface area contributed by atoms with Gasteiger partial charge < -0.3 is 9.80 Å². The molecule has 3 aromatic carbocycles. The second-order valence-electron chi connectivity index (χ2n) is 9.46. The summed E-state index contributed by atoms with van der Waals surface area (Å²) in [5, 5.41) is 3.37. The van der Waals surface area contributed by atoms with Gasteiger partial charge in [0.05, 0.1) is 5.92 Å². The fraction of sp³-hybridized carbons (Fsp3) is 0.393. The molecular weight excluding hydrogens is 430 g/mol. The molecule has 5 rings (SSSR count). The Kier molecular flexibility index (Phi) is 6.57. The van der Waals surface area contributed by atoms with E-state index in [4.69, 9.17) is 11.6 Å². The Labute approximate surface area is 201 Å². The molecule has 1 unspecified atom stereocenters. The third kappa shape index (κ3) is 4.87. The molecule has 2 fully saturated rings. The zero-order valence-corrected chi connectivity index (χ0v) is 20.1. The molecule has 172 valence electrons. The Balaban J connectivity index is 1.20. The van der Waals surface area contributed by atoms with Gasteiger partial charge in [-0.05, 0) is 60.3 Å². The number of anilines is 1. The normalized spacial score (nSPS) is 19.8. The van der Waals surface area contributed by atoms with Gasteiger partial charge in [-0.2, -0.15) is 0 Å². The smallest absolute Gasteiger partial charge is 0.227 e. The maximum atomic E-state index is 13.4. The van der Waals surface area contributed by atoms with Crippen LogP contribution in [0.3, 0.4) is 0 Å². The molecule has 0 saturated carbocycles. The molecule has 0 aromatic heterocycles. The fourth-order valence-electron chi connectivity index (χ4n) is 5.42. The van der Waals surface area contributed by atoms with Crippen molar-refractivity contribution in [2.45, 2.75) is 26.3 Å². The second-order valence-corrected chi connectivity index (χ2v) is 9.89. The third-order valence-electron chi connectivity index (χ3n) is 7.23. The van der Waals surface area contributed by atoms with E-state index in [0.29, 0.717) is 5.91 Å². The van der Waals surface area contributed by atoms with E-state index in [0.717, 1.165) is 63.7 Å². The Morgan fingerprint density at radius 3 is 2.61 bits per heavy atom. The van der Waals surface area contributed by atoms with E-state index in [1.54, 1.807) is 0 Å². The van der Waals surface area contributed by atoms with Crippen molar-refractivity contribution in [1.29, 1.82) is 0 Å². The Hall–Kier alpha value is -2.56. The van der Waals surface area contributed by atoms with Crippen molar-refractivity contribution in [2.24, 2.45) is 5.92 Å². The SMILES string of the molecule is Cc1ccc(Cl)cc1N1CCN(C(=O)C2CCCN(Cc3cccc4ccccc34)C2)CC1. The lowest BCUT2D eigenvalue weighted by Gasteiger charge is -2.40. The molecule has 0 bridgehead atoms. The summed E-state index contributed by atoms with van der Waals surface area (Å²) in [6.45, 7) is 8.24. The topological polar surface area (TPSA) is 26.8 Å². The summed E-state index contributed by atoms with van der Waals surface area (Å²) >= 11 is 6.22. The van der Waals surface area contributed by atoms with Crippen LogP contribution in [-0.2, 0) is 11.3 Å². The lowest BCUT2D eigenvalue weighted by atomic mass is 9.95. The number of carbonyl (C=O) groups is 1. The first-order valence-corrected chi connectivity index (χ1v) is 12.5. The van der Waals surface area contributed by atoms with Crippen molar-refractivity contribution in [1.82, 2.24) is 9.80 Å². The molecule has 3 aromatic rings. The van der Waals surface area contributed by atoms with Crippen LogP contribution in [-0.4, -0.2) is 55.0 Å². The van der Waals surface area contributed by atoms with Gasteiger partial charge in [0.15, 0.2) is 0 Å². The standard InChI is InChI=1S/C28H32ClN3O/c1-21-11-12-25(29)18-27(21)31-14-16-32(17-15-31)28(33)24-9-5-13-30(20-24)19-23-8-4-7-22-6-2-3-10-26(22)23/h2-4,6-8,10-12,18,24H,5,9,13-17,19-20H2,1H3. The number of piperidine rings is 1. The van der Waals surface area contributed by atoms with E-state index in [2.05, 4.69) is 70.2 Å². The molecule has 1 amide bonds. The number of nitrogens with zero attached hydrogens (tertiary/aromatic N) is 3. The number of benzene rings is 3. The first kappa shape index (κ1) is 22.2. The van der Waals surface area contributed by atoms with Gasteiger partial charge in [-0.25, -0.2) is 0 Å². The average Bonchev–Trinajstić information content (AvgIpc) is 2.86. The molecule has 1 atom stereocenters. The largest absolute Gasteiger partial charge is 0.368 e. The molecule has 33 heavy (non-hydrogen) atoms. The maximum absolute atomic E-state index is 13.4. The molecule has 2 aliphatic rings. The zero-order valence-electron chi connectivity index (χ0n) is 19.3. The number of fused-ring (bicyclic) bond motifs is 1. The van der Waals surface area contributed by atoms with Gasteiger partial charge in [0.1, 0.15) is 0 Å². The highest BCUT2D eigenvalue weighted by molar-refractivity contribution is 6.30. The summed E-state index contributed by atoms with van der Waals surface area (Å²) in [6.07, 6.45) is 2.08. The number of amides is 1. The third-order valence-corrected chi connectivity index (χ3v) is 7.47. The zero-order chi connectivity index (χ0) is 22.8. The first-order valence-electron chi connectivity index (χ1n) is 12.1. The number of likely N-dealkylation sites (tertiary alicyclic amines) is 1. The molecule has 2 saturated heterocycles. The van der Waals surface area contributed by atoms with Crippen LogP contribution in [0.25, 0.3) is 10.8 Å². The van der Waals surface area contributed by atoms with Crippen LogP contribution in [0.2, 0.25) is 5.02 Å². The lowest BCUT2D eigenvalue weighted by Crippen LogP contribution is -2.52. The summed E-state index contributed by atoms with van der Waals surface area (Å²) in [5.74, 6) is 0.438. The van der Waals surface area contributed by atoms with E-state index in [-0.39, 0.29) is 5.92 Å². The molecule has 2 aliphatic heterocycles. The van der Waals surface area contributed by atoms with Crippen molar-refractivity contribution in [3.05, 3.63) is 76.8 Å². The van der Waals surface area contributed by atoms with Crippen molar-refractivity contribution in [3.8, 4) is 0 Å². The number of piperazine rings is 1. The van der Waals surface area contributed by atoms with Crippen LogP contribution in [0.15, 0.2) is 60.7 Å².